The topological polar surface area (TPSA) is 26.3 Å². The summed E-state index contributed by atoms with van der Waals surface area (Å²) in [6, 6.07) is 5.53. The van der Waals surface area contributed by atoms with Crippen molar-refractivity contribution in [3.8, 4) is 5.75 Å². The molecular formula is C11H13ClO2. The molecule has 0 bridgehead atoms. The van der Waals surface area contributed by atoms with Crippen LogP contribution in [0.25, 0.3) is 0 Å². The molecule has 3 heteroatoms. The smallest absolute Gasteiger partial charge is 0.152 e. The van der Waals surface area contributed by atoms with Crippen molar-refractivity contribution in [1.29, 1.82) is 0 Å². The highest BCUT2D eigenvalue weighted by molar-refractivity contribution is 6.30. The van der Waals surface area contributed by atoms with Gasteiger partial charge in [0.2, 0.25) is 0 Å². The Hall–Kier alpha value is -1.02. The fraction of sp³-hybridized carbons (Fsp3) is 0.364. The largest absolute Gasteiger partial charge is 0.496 e. The number of halogens is 1. The van der Waals surface area contributed by atoms with Crippen LogP contribution < -0.4 is 4.74 Å². The average molecular weight is 213 g/mol. The third-order valence-electron chi connectivity index (χ3n) is 2.18. The third kappa shape index (κ3) is 2.07. The molecule has 0 radical (unpaired) electrons. The van der Waals surface area contributed by atoms with Crippen molar-refractivity contribution in [3.63, 3.8) is 0 Å². The second-order valence-corrected chi connectivity index (χ2v) is 3.58. The van der Waals surface area contributed by atoms with Gasteiger partial charge >= 0.3 is 0 Å². The molecule has 0 aliphatic carbocycles. The summed E-state index contributed by atoms with van der Waals surface area (Å²) in [5, 5.41) is -0.579. The molecule has 1 aromatic rings. The van der Waals surface area contributed by atoms with E-state index in [1.165, 1.54) is 6.92 Å². The van der Waals surface area contributed by atoms with Crippen LogP contribution in [0.5, 0.6) is 5.75 Å². The van der Waals surface area contributed by atoms with Gasteiger partial charge in [-0.2, -0.15) is 0 Å². The predicted molar refractivity (Wildman–Crippen MR) is 57.0 cm³/mol. The maximum absolute atomic E-state index is 11.1. The molecule has 76 valence electrons. The first-order chi connectivity index (χ1) is 6.57. The SMILES string of the molecule is COc1cccc(C(Cl)C(C)=O)c1C. The molecule has 1 rings (SSSR count). The highest BCUT2D eigenvalue weighted by Gasteiger charge is 2.16. The molecule has 14 heavy (non-hydrogen) atoms. The van der Waals surface area contributed by atoms with Gasteiger partial charge in [-0.15, -0.1) is 11.6 Å². The molecule has 2 nitrogen and oxygen atoms in total. The zero-order valence-corrected chi connectivity index (χ0v) is 9.26. The standard InChI is InChI=1S/C11H13ClO2/c1-7-9(11(12)8(2)13)5-4-6-10(7)14-3/h4-6,11H,1-3H3. The predicted octanol–water partition coefficient (Wildman–Crippen LogP) is 2.87. The van der Waals surface area contributed by atoms with Crippen molar-refractivity contribution < 1.29 is 9.53 Å². The number of methoxy groups -OCH3 is 1. The van der Waals surface area contributed by atoms with E-state index in [-0.39, 0.29) is 5.78 Å². The van der Waals surface area contributed by atoms with Gasteiger partial charge in [0.15, 0.2) is 5.78 Å². The lowest BCUT2D eigenvalue weighted by molar-refractivity contribution is -0.116. The number of hydrogen-bond acceptors (Lipinski definition) is 2. The van der Waals surface area contributed by atoms with Gasteiger partial charge in [-0.05, 0) is 31.0 Å². The van der Waals surface area contributed by atoms with E-state index in [1.807, 2.05) is 25.1 Å². The van der Waals surface area contributed by atoms with Crippen molar-refractivity contribution in [2.45, 2.75) is 19.2 Å². The molecule has 1 atom stereocenters. The Morgan fingerprint density at radius 3 is 2.64 bits per heavy atom. The van der Waals surface area contributed by atoms with Gasteiger partial charge in [0.1, 0.15) is 11.1 Å². The van der Waals surface area contributed by atoms with E-state index in [2.05, 4.69) is 0 Å². The lowest BCUT2D eigenvalue weighted by Crippen LogP contribution is -2.04. The van der Waals surface area contributed by atoms with Crippen LogP contribution >= 0.6 is 11.6 Å². The summed E-state index contributed by atoms with van der Waals surface area (Å²) in [6.07, 6.45) is 0. The van der Waals surface area contributed by atoms with Crippen LogP contribution in [0.3, 0.4) is 0 Å². The van der Waals surface area contributed by atoms with Gasteiger partial charge in [0.25, 0.3) is 0 Å². The van der Waals surface area contributed by atoms with Gasteiger partial charge in [-0.1, -0.05) is 12.1 Å². The Labute approximate surface area is 88.8 Å². The lowest BCUT2D eigenvalue weighted by atomic mass is 10.0. The molecule has 0 spiro atoms. The third-order valence-corrected chi connectivity index (χ3v) is 2.72. The van der Waals surface area contributed by atoms with Crippen molar-refractivity contribution in [2.24, 2.45) is 0 Å². The molecular weight excluding hydrogens is 200 g/mol. The summed E-state index contributed by atoms with van der Waals surface area (Å²) in [6.45, 7) is 3.38. The maximum Gasteiger partial charge on any atom is 0.152 e. The highest BCUT2D eigenvalue weighted by atomic mass is 35.5. The summed E-state index contributed by atoms with van der Waals surface area (Å²) in [5.74, 6) is 0.706. The number of ether oxygens (including phenoxy) is 1. The number of benzene rings is 1. The Bertz CT molecular complexity index is 347. The van der Waals surface area contributed by atoms with Gasteiger partial charge in [-0.25, -0.2) is 0 Å². The summed E-state index contributed by atoms with van der Waals surface area (Å²) in [5.41, 5.74) is 1.74. The minimum Gasteiger partial charge on any atom is -0.496 e. The normalized spacial score (nSPS) is 12.3. The average Bonchev–Trinajstić information content (AvgIpc) is 2.17. The first-order valence-corrected chi connectivity index (χ1v) is 4.79. The minimum absolute atomic E-state index is 0.0528. The number of carbonyl (C=O) groups excluding carboxylic acids is 1. The molecule has 0 aromatic heterocycles. The van der Waals surface area contributed by atoms with Crippen molar-refractivity contribution in [1.82, 2.24) is 0 Å². The molecule has 0 amide bonds. The van der Waals surface area contributed by atoms with Crippen LogP contribution in [0.2, 0.25) is 0 Å². The van der Waals surface area contributed by atoms with Crippen LogP contribution in [-0.4, -0.2) is 12.9 Å². The number of alkyl halides is 1. The van der Waals surface area contributed by atoms with E-state index in [9.17, 15) is 4.79 Å². The first-order valence-electron chi connectivity index (χ1n) is 4.36. The van der Waals surface area contributed by atoms with Crippen LogP contribution in [-0.2, 0) is 4.79 Å². The number of Topliss-reactive ketones (excluding diaryl/α,β-unsaturated/α-hetero) is 1. The lowest BCUT2D eigenvalue weighted by Gasteiger charge is -2.12. The van der Waals surface area contributed by atoms with E-state index < -0.39 is 5.38 Å². The Morgan fingerprint density at radius 1 is 1.50 bits per heavy atom. The fourth-order valence-corrected chi connectivity index (χ4v) is 1.58. The second kappa shape index (κ2) is 4.47. The molecule has 0 N–H and O–H groups in total. The zero-order valence-electron chi connectivity index (χ0n) is 8.50. The quantitative estimate of drug-likeness (QED) is 0.721. The molecule has 0 aliphatic rings. The van der Waals surface area contributed by atoms with Crippen molar-refractivity contribution in [3.05, 3.63) is 29.3 Å². The van der Waals surface area contributed by atoms with Crippen molar-refractivity contribution in [2.75, 3.05) is 7.11 Å². The molecule has 0 saturated carbocycles. The van der Waals surface area contributed by atoms with Gasteiger partial charge in [0.05, 0.1) is 7.11 Å². The Kier molecular flexibility index (Phi) is 3.53. The molecule has 0 heterocycles. The minimum atomic E-state index is -0.579. The molecule has 0 aliphatic heterocycles. The monoisotopic (exact) mass is 212 g/mol. The number of hydrogen-bond donors (Lipinski definition) is 0. The zero-order chi connectivity index (χ0) is 10.7. The molecule has 0 saturated heterocycles. The molecule has 0 fully saturated rings. The number of ketones is 1. The first kappa shape index (κ1) is 11.1. The molecule has 1 unspecified atom stereocenters. The second-order valence-electron chi connectivity index (χ2n) is 3.15. The molecule has 1 aromatic carbocycles. The van der Waals surface area contributed by atoms with E-state index >= 15 is 0 Å². The Balaban J connectivity index is 3.15. The highest BCUT2D eigenvalue weighted by Crippen LogP contribution is 2.29. The van der Waals surface area contributed by atoms with Gasteiger partial charge < -0.3 is 4.74 Å². The summed E-state index contributed by atoms with van der Waals surface area (Å²) < 4.78 is 5.15. The van der Waals surface area contributed by atoms with Crippen LogP contribution in [0.4, 0.5) is 0 Å². The number of rotatable bonds is 3. The van der Waals surface area contributed by atoms with E-state index in [1.54, 1.807) is 7.11 Å². The van der Waals surface area contributed by atoms with Gasteiger partial charge in [0, 0.05) is 0 Å². The van der Waals surface area contributed by atoms with E-state index in [0.717, 1.165) is 16.9 Å². The summed E-state index contributed by atoms with van der Waals surface area (Å²) >= 11 is 5.97. The fourth-order valence-electron chi connectivity index (χ4n) is 1.35. The summed E-state index contributed by atoms with van der Waals surface area (Å²) in [4.78, 5) is 11.1. The van der Waals surface area contributed by atoms with E-state index in [4.69, 9.17) is 16.3 Å². The van der Waals surface area contributed by atoms with E-state index in [0.29, 0.717) is 0 Å². The van der Waals surface area contributed by atoms with Crippen LogP contribution in [0, 0.1) is 6.92 Å². The Morgan fingerprint density at radius 2 is 2.14 bits per heavy atom. The number of carbonyl (C=O) groups is 1. The van der Waals surface area contributed by atoms with Gasteiger partial charge in [-0.3, -0.25) is 4.79 Å². The van der Waals surface area contributed by atoms with Crippen LogP contribution in [0.15, 0.2) is 18.2 Å². The van der Waals surface area contributed by atoms with Crippen molar-refractivity contribution >= 4 is 17.4 Å². The summed E-state index contributed by atoms with van der Waals surface area (Å²) in [7, 11) is 1.60. The van der Waals surface area contributed by atoms with Crippen LogP contribution in [0.1, 0.15) is 23.4 Å². The maximum atomic E-state index is 11.1.